The number of anilines is 1. The molecule has 1 atom stereocenters. The van der Waals surface area contributed by atoms with E-state index in [-0.39, 0.29) is 29.7 Å². The van der Waals surface area contributed by atoms with E-state index in [4.69, 9.17) is 17.3 Å². The molecule has 1 saturated heterocycles. The predicted octanol–water partition coefficient (Wildman–Crippen LogP) is 2.87. The lowest BCUT2D eigenvalue weighted by molar-refractivity contribution is -0.896. The average molecular weight is 596 g/mol. The third-order valence-electron chi connectivity index (χ3n) is 6.18. The van der Waals surface area contributed by atoms with E-state index in [0.29, 0.717) is 32.8 Å². The van der Waals surface area contributed by atoms with Gasteiger partial charge < -0.3 is 15.1 Å². The minimum atomic E-state index is -3.95. The number of sulfonamides is 1. The summed E-state index contributed by atoms with van der Waals surface area (Å²) in [4.78, 5) is 30.7. The van der Waals surface area contributed by atoms with Crippen LogP contribution in [-0.4, -0.2) is 67.5 Å². The Bertz CT molecular complexity index is 1550. The summed E-state index contributed by atoms with van der Waals surface area (Å²) in [6, 6.07) is 6.80. The molecule has 0 saturated carbocycles. The van der Waals surface area contributed by atoms with E-state index in [0.717, 1.165) is 5.41 Å². The van der Waals surface area contributed by atoms with Crippen molar-refractivity contribution in [3.63, 3.8) is 0 Å². The molecule has 0 radical (unpaired) electrons. The molecular formula is C25H29ClFN6O4S2+. The van der Waals surface area contributed by atoms with Crippen LogP contribution in [0, 0.1) is 5.82 Å². The molecule has 208 valence electrons. The Morgan fingerprint density at radius 3 is 2.72 bits per heavy atom. The second-order valence-electron chi connectivity index (χ2n) is 9.97. The van der Waals surface area contributed by atoms with Gasteiger partial charge in [-0.15, -0.1) is 11.3 Å². The second-order valence-corrected chi connectivity index (χ2v) is 13.2. The molecule has 1 fully saturated rings. The van der Waals surface area contributed by atoms with Crippen LogP contribution in [0.15, 0.2) is 48.1 Å². The lowest BCUT2D eigenvalue weighted by Gasteiger charge is -2.28. The Morgan fingerprint density at radius 2 is 2.08 bits per heavy atom. The zero-order valence-corrected chi connectivity index (χ0v) is 24.0. The van der Waals surface area contributed by atoms with Gasteiger partial charge in [0.05, 0.1) is 29.5 Å². The molecule has 1 aliphatic rings. The molecule has 1 aliphatic heterocycles. The highest BCUT2D eigenvalue weighted by Crippen LogP contribution is 2.29. The molecule has 39 heavy (non-hydrogen) atoms. The Kier molecular flexibility index (Phi) is 8.28. The fourth-order valence-electron chi connectivity index (χ4n) is 4.49. The highest BCUT2D eigenvalue weighted by atomic mass is 35.5. The van der Waals surface area contributed by atoms with Crippen LogP contribution < -0.4 is 15.4 Å². The van der Waals surface area contributed by atoms with Crippen molar-refractivity contribution in [3.8, 4) is 5.69 Å². The fourth-order valence-corrected chi connectivity index (χ4v) is 6.85. The minimum Gasteiger partial charge on any atom is -0.365 e. The largest absolute Gasteiger partial charge is 0.365 e. The quantitative estimate of drug-likeness (QED) is 0.349. The first kappa shape index (κ1) is 28.9. The zero-order chi connectivity index (χ0) is 28.5. The maximum Gasteiger partial charge on any atom is 0.272 e. The molecule has 2 amide bonds. The van der Waals surface area contributed by atoms with E-state index in [1.54, 1.807) is 42.1 Å². The number of rotatable bonds is 10. The van der Waals surface area contributed by atoms with Gasteiger partial charge in [0.25, 0.3) is 5.91 Å². The first-order valence-electron chi connectivity index (χ1n) is 11.9. The number of hydrogen-bond acceptors (Lipinski definition) is 6. The number of aromatic nitrogens is 2. The number of carbonyl (C=O) groups excluding carboxylic acids is 2. The number of imidazole rings is 1. The molecule has 2 aromatic heterocycles. The van der Waals surface area contributed by atoms with Gasteiger partial charge in [0.1, 0.15) is 18.4 Å². The molecule has 3 N–H and O–H groups in total. The van der Waals surface area contributed by atoms with Crippen molar-refractivity contribution in [1.29, 1.82) is 0 Å². The predicted molar refractivity (Wildman–Crippen MR) is 149 cm³/mol. The van der Waals surface area contributed by atoms with Crippen LogP contribution in [-0.2, 0) is 26.2 Å². The number of likely N-dealkylation sites (N-methyl/N-ethyl adjacent to an activating group) is 1. The molecule has 3 aromatic rings. The maximum atomic E-state index is 15.3. The van der Waals surface area contributed by atoms with Gasteiger partial charge in [-0.25, -0.2) is 17.8 Å². The topological polar surface area (TPSA) is 127 Å². The van der Waals surface area contributed by atoms with Crippen molar-refractivity contribution in [3.05, 3.63) is 69.0 Å². The number of carbonyl (C=O) groups is 2. The van der Waals surface area contributed by atoms with Crippen LogP contribution in [0.1, 0.15) is 24.0 Å². The molecule has 0 spiro atoms. The number of halogens is 2. The summed E-state index contributed by atoms with van der Waals surface area (Å²) >= 11 is 7.18. The molecule has 10 nitrogen and oxygen atoms in total. The third kappa shape index (κ3) is 6.92. The van der Waals surface area contributed by atoms with Gasteiger partial charge in [0, 0.05) is 35.6 Å². The molecule has 0 aliphatic carbocycles. The fraction of sp³-hybridized carbons (Fsp3) is 0.320. The summed E-state index contributed by atoms with van der Waals surface area (Å²) in [5.74, 6) is -1.01. The van der Waals surface area contributed by atoms with Crippen LogP contribution in [0.25, 0.3) is 11.3 Å². The number of quaternary nitrogens is 1. The highest BCUT2D eigenvalue weighted by Gasteiger charge is 2.36. The van der Waals surface area contributed by atoms with Crippen molar-refractivity contribution in [2.75, 3.05) is 32.1 Å². The van der Waals surface area contributed by atoms with Crippen LogP contribution in [0.5, 0.6) is 0 Å². The summed E-state index contributed by atoms with van der Waals surface area (Å²) in [5, 5.41) is 1.06. The van der Waals surface area contributed by atoms with Gasteiger partial charge >= 0.3 is 0 Å². The van der Waals surface area contributed by atoms with E-state index in [2.05, 4.69) is 9.71 Å². The lowest BCUT2D eigenvalue weighted by Crippen LogP contribution is -2.45. The van der Waals surface area contributed by atoms with E-state index >= 15 is 4.39 Å². The molecular weight excluding hydrogens is 567 g/mol. The first-order chi connectivity index (χ1) is 18.2. The van der Waals surface area contributed by atoms with Gasteiger partial charge in [0.2, 0.25) is 15.9 Å². The third-order valence-corrected chi connectivity index (χ3v) is 8.82. The van der Waals surface area contributed by atoms with Gasteiger partial charge in [-0.2, -0.15) is 4.72 Å². The molecule has 3 heterocycles. The summed E-state index contributed by atoms with van der Waals surface area (Å²) in [6.07, 6.45) is 3.45. The molecule has 0 unspecified atom stereocenters. The number of nitrogens with zero attached hydrogens (tertiary/aromatic N) is 4. The number of thiophene rings is 1. The van der Waals surface area contributed by atoms with Crippen LogP contribution in [0.3, 0.4) is 0 Å². The zero-order valence-electron chi connectivity index (χ0n) is 21.6. The summed E-state index contributed by atoms with van der Waals surface area (Å²) in [5.41, 5.74) is 6.37. The van der Waals surface area contributed by atoms with Crippen LogP contribution in [0.2, 0.25) is 4.34 Å². The van der Waals surface area contributed by atoms with Gasteiger partial charge in [-0.1, -0.05) is 11.6 Å². The van der Waals surface area contributed by atoms with Gasteiger partial charge in [0.15, 0.2) is 12.4 Å². The van der Waals surface area contributed by atoms with E-state index in [1.165, 1.54) is 28.4 Å². The lowest BCUT2D eigenvalue weighted by atomic mass is 10.2. The Labute approximate surface area is 235 Å². The molecule has 14 heteroatoms. The normalized spacial score (nSPS) is 16.7. The second kappa shape index (κ2) is 11.2. The average Bonchev–Trinajstić information content (AvgIpc) is 3.53. The maximum absolute atomic E-state index is 15.3. The van der Waals surface area contributed by atoms with E-state index in [9.17, 15) is 18.0 Å². The Balaban J connectivity index is 1.48. The van der Waals surface area contributed by atoms with E-state index in [1.807, 2.05) is 14.1 Å². The number of primary amides is 1. The standard InChI is InChI=1S/C25H28ClFN6O4S2/c1-16(21-6-7-22(26)38-21)15-39(36,37)30-19-8-10-32(25(19)35)20-5-4-17(12-18(20)27)31-11-9-29-24(31)14-33(2,3)13-23(28)34/h4-7,9,11-12,15,19,30H,8,10,13-14H2,1-3H3,(H-,28,34)/p+1/t19-/m0/s1. The van der Waals surface area contributed by atoms with Crippen molar-refractivity contribution < 1.29 is 26.9 Å². The number of amides is 2. The molecule has 4 rings (SSSR count). The number of nitrogens with one attached hydrogen (secondary N) is 1. The summed E-state index contributed by atoms with van der Waals surface area (Å²) in [7, 11) is -0.267. The van der Waals surface area contributed by atoms with Crippen molar-refractivity contribution >= 4 is 56.0 Å². The minimum absolute atomic E-state index is 0.0527. The molecule has 1 aromatic carbocycles. The monoisotopic (exact) mass is 595 g/mol. The molecule has 0 bridgehead atoms. The summed E-state index contributed by atoms with van der Waals surface area (Å²) < 4.78 is 45.6. The number of hydrogen-bond donors (Lipinski definition) is 2. The summed E-state index contributed by atoms with van der Waals surface area (Å²) in [6.45, 7) is 2.28. The Hall–Kier alpha value is -3.10. The van der Waals surface area contributed by atoms with Crippen molar-refractivity contribution in [2.24, 2.45) is 5.73 Å². The highest BCUT2D eigenvalue weighted by molar-refractivity contribution is 7.92. The van der Waals surface area contributed by atoms with Crippen molar-refractivity contribution in [1.82, 2.24) is 14.3 Å². The Morgan fingerprint density at radius 1 is 1.33 bits per heavy atom. The SMILES string of the molecule is CC(=CS(=O)(=O)N[C@H]1CCN(c2ccc(-n3ccnc3C[N+](C)(C)CC(N)=O)cc2F)C1=O)c1ccc(Cl)s1. The van der Waals surface area contributed by atoms with Gasteiger partial charge in [-0.3, -0.25) is 14.2 Å². The first-order valence-corrected chi connectivity index (χ1v) is 14.7. The van der Waals surface area contributed by atoms with E-state index < -0.39 is 33.7 Å². The van der Waals surface area contributed by atoms with Crippen LogP contribution >= 0.6 is 22.9 Å². The number of allylic oxidation sites excluding steroid dienone is 1. The number of benzene rings is 1. The van der Waals surface area contributed by atoms with Crippen LogP contribution in [0.4, 0.5) is 10.1 Å². The smallest absolute Gasteiger partial charge is 0.272 e. The number of nitrogens with two attached hydrogens (primary N) is 1. The van der Waals surface area contributed by atoms with Gasteiger partial charge in [-0.05, 0) is 43.2 Å². The van der Waals surface area contributed by atoms with Crippen molar-refractivity contribution in [2.45, 2.75) is 25.9 Å².